The third-order valence-electron chi connectivity index (χ3n) is 15.3. The first-order valence-electron chi connectivity index (χ1n) is 27.2. The molecule has 81 heavy (non-hydrogen) atoms. The van der Waals surface area contributed by atoms with Crippen LogP contribution >= 0.6 is 0 Å². The zero-order valence-corrected chi connectivity index (χ0v) is 44.1. The summed E-state index contributed by atoms with van der Waals surface area (Å²) >= 11 is 0. The number of hydrogen-bond donors (Lipinski definition) is 0. The van der Waals surface area contributed by atoms with Gasteiger partial charge in [0.15, 0.2) is 34.9 Å². The van der Waals surface area contributed by atoms with Gasteiger partial charge in [-0.1, -0.05) is 279 Å². The molecular weight excluding hydrogens is 985 g/mol. The van der Waals surface area contributed by atoms with Gasteiger partial charge in [-0.15, -0.1) is 0 Å². The Balaban J connectivity index is 0.943. The summed E-state index contributed by atoms with van der Waals surface area (Å²) in [4.78, 5) is 31.1. The first kappa shape index (κ1) is 48.5. The van der Waals surface area contributed by atoms with E-state index in [0.717, 1.165) is 88.7 Å². The Morgan fingerprint density at radius 3 is 0.778 bits per heavy atom. The molecule has 0 amide bonds. The number of rotatable bonds is 12. The molecule has 2 aromatic heterocycles. The SMILES string of the molecule is c1ccc(-c2cccc(-c3nc(-c4ccccc4)nc(-c4ccc(C(c5ccc(-c6nc(-c7ccccc7)nc(-c7cccc(-c8ccccc8)c7)n6)cc5)(c5ccc6ccccc6c5)c5ccc6ccccc6c5)cc4)n3)c2)cc1. The van der Waals surface area contributed by atoms with Crippen molar-refractivity contribution in [3.63, 3.8) is 0 Å². The van der Waals surface area contributed by atoms with Crippen LogP contribution in [-0.4, -0.2) is 29.9 Å². The average Bonchev–Trinajstić information content (AvgIpc) is 3.54. The third kappa shape index (κ3) is 9.51. The van der Waals surface area contributed by atoms with Crippen LogP contribution in [0.2, 0.25) is 0 Å². The van der Waals surface area contributed by atoms with E-state index in [1.165, 1.54) is 10.8 Å². The minimum absolute atomic E-state index is 0.584. The predicted octanol–water partition coefficient (Wildman–Crippen LogP) is 18.1. The van der Waals surface area contributed by atoms with Crippen LogP contribution in [0.1, 0.15) is 22.3 Å². The number of aromatic nitrogens is 6. The molecule has 0 bridgehead atoms. The highest BCUT2D eigenvalue weighted by Gasteiger charge is 2.39. The second-order valence-corrected chi connectivity index (χ2v) is 20.3. The fourth-order valence-electron chi connectivity index (χ4n) is 11.2. The minimum atomic E-state index is -0.834. The molecule has 0 atom stereocenters. The maximum Gasteiger partial charge on any atom is 0.164 e. The number of benzene rings is 12. The molecule has 12 aromatic carbocycles. The fourth-order valence-corrected chi connectivity index (χ4v) is 11.2. The Morgan fingerprint density at radius 2 is 0.420 bits per heavy atom. The largest absolute Gasteiger partial charge is 0.208 e. The molecule has 0 spiro atoms. The van der Waals surface area contributed by atoms with Crippen molar-refractivity contribution < 1.29 is 0 Å². The fraction of sp³-hybridized carbons (Fsp3) is 0.0133. The van der Waals surface area contributed by atoms with Crippen molar-refractivity contribution in [2.24, 2.45) is 0 Å². The first-order chi connectivity index (χ1) is 40.1. The molecule has 14 aromatic rings. The Morgan fingerprint density at radius 1 is 0.160 bits per heavy atom. The van der Waals surface area contributed by atoms with Crippen LogP contribution in [0.15, 0.2) is 303 Å². The molecule has 0 aliphatic carbocycles. The topological polar surface area (TPSA) is 77.3 Å². The van der Waals surface area contributed by atoms with Gasteiger partial charge in [-0.3, -0.25) is 0 Å². The molecule has 0 aliphatic heterocycles. The van der Waals surface area contributed by atoms with E-state index in [0.29, 0.717) is 34.9 Å². The van der Waals surface area contributed by atoms with Gasteiger partial charge < -0.3 is 0 Å². The maximum atomic E-state index is 5.24. The molecule has 0 saturated heterocycles. The standard InChI is InChI=1S/C75H50N6/c1-5-19-51(20-6-1)59-31-17-33-63(47-59)73-78-69(55-25-9-3-10-26-55)76-71(80-73)57-37-41-65(42-38-57)75(67-45-35-53-23-13-15-29-61(53)49-67,68-46-36-54-24-14-16-30-62(54)50-68)66-43-39-58(40-44-66)72-77-70(56-27-11-4-12-28-56)79-74(81-72)64-34-18-32-60(48-64)52-21-7-2-8-22-52/h1-50H. The van der Waals surface area contributed by atoms with Crippen molar-refractivity contribution in [3.8, 4) is 90.6 Å². The third-order valence-corrected chi connectivity index (χ3v) is 15.3. The summed E-state index contributed by atoms with van der Waals surface area (Å²) in [5.41, 5.74) is 13.4. The van der Waals surface area contributed by atoms with Crippen LogP contribution in [0.25, 0.3) is 112 Å². The van der Waals surface area contributed by atoms with Gasteiger partial charge in [0, 0.05) is 33.4 Å². The summed E-state index contributed by atoms with van der Waals surface area (Å²) in [5, 5.41) is 4.64. The summed E-state index contributed by atoms with van der Waals surface area (Å²) in [6, 6.07) is 107. The van der Waals surface area contributed by atoms with Gasteiger partial charge in [-0.25, -0.2) is 29.9 Å². The van der Waals surface area contributed by atoms with Gasteiger partial charge in [0.05, 0.1) is 5.41 Å². The van der Waals surface area contributed by atoms with Gasteiger partial charge >= 0.3 is 0 Å². The molecule has 0 aliphatic rings. The zero-order chi connectivity index (χ0) is 54.0. The summed E-state index contributed by atoms with van der Waals surface area (Å²) in [6.07, 6.45) is 0. The van der Waals surface area contributed by atoms with Crippen molar-refractivity contribution in [3.05, 3.63) is 326 Å². The van der Waals surface area contributed by atoms with Crippen molar-refractivity contribution in [2.45, 2.75) is 5.41 Å². The predicted molar refractivity (Wildman–Crippen MR) is 330 cm³/mol. The lowest BCUT2D eigenvalue weighted by atomic mass is 9.64. The van der Waals surface area contributed by atoms with Crippen molar-refractivity contribution >= 4 is 21.5 Å². The smallest absolute Gasteiger partial charge is 0.164 e. The van der Waals surface area contributed by atoms with E-state index < -0.39 is 5.41 Å². The summed E-state index contributed by atoms with van der Waals surface area (Å²) in [7, 11) is 0. The van der Waals surface area contributed by atoms with Crippen LogP contribution in [0.4, 0.5) is 0 Å². The molecular formula is C75H50N6. The molecule has 2 heterocycles. The lowest BCUT2D eigenvalue weighted by Gasteiger charge is -2.37. The van der Waals surface area contributed by atoms with E-state index in [1.807, 2.05) is 72.8 Å². The lowest BCUT2D eigenvalue weighted by molar-refractivity contribution is 0.748. The number of nitrogens with zero attached hydrogens (tertiary/aromatic N) is 6. The molecule has 0 radical (unpaired) electrons. The van der Waals surface area contributed by atoms with Crippen LogP contribution in [-0.2, 0) is 5.41 Å². The maximum absolute atomic E-state index is 5.24. The van der Waals surface area contributed by atoms with E-state index in [1.54, 1.807) is 0 Å². The van der Waals surface area contributed by atoms with E-state index >= 15 is 0 Å². The monoisotopic (exact) mass is 1030 g/mol. The first-order valence-corrected chi connectivity index (χ1v) is 27.2. The molecule has 0 fully saturated rings. The quantitative estimate of drug-likeness (QED) is 0.113. The number of hydrogen-bond acceptors (Lipinski definition) is 6. The molecule has 0 saturated carbocycles. The minimum Gasteiger partial charge on any atom is -0.208 e. The lowest BCUT2D eigenvalue weighted by Crippen LogP contribution is -2.31. The molecule has 14 rings (SSSR count). The van der Waals surface area contributed by atoms with E-state index in [4.69, 9.17) is 29.9 Å². The summed E-state index contributed by atoms with van der Waals surface area (Å²) < 4.78 is 0. The van der Waals surface area contributed by atoms with E-state index in [2.05, 4.69) is 231 Å². The van der Waals surface area contributed by atoms with Gasteiger partial charge in [0.25, 0.3) is 0 Å². The van der Waals surface area contributed by atoms with Crippen LogP contribution in [0.3, 0.4) is 0 Å². The second-order valence-electron chi connectivity index (χ2n) is 20.3. The second kappa shape index (κ2) is 21.2. The van der Waals surface area contributed by atoms with Crippen molar-refractivity contribution in [2.75, 3.05) is 0 Å². The van der Waals surface area contributed by atoms with E-state index in [9.17, 15) is 0 Å². The Bertz CT molecular complexity index is 4260. The van der Waals surface area contributed by atoms with Crippen LogP contribution in [0, 0.1) is 0 Å². The summed E-state index contributed by atoms with van der Waals surface area (Å²) in [5.74, 6) is 3.58. The van der Waals surface area contributed by atoms with Gasteiger partial charge in [-0.05, 0) is 90.3 Å². The van der Waals surface area contributed by atoms with Crippen LogP contribution in [0.5, 0.6) is 0 Å². The average molecular weight is 1040 g/mol. The van der Waals surface area contributed by atoms with Crippen molar-refractivity contribution in [1.82, 2.24) is 29.9 Å². The Labute approximate surface area is 470 Å². The van der Waals surface area contributed by atoms with Gasteiger partial charge in [0.1, 0.15) is 0 Å². The van der Waals surface area contributed by atoms with Gasteiger partial charge in [-0.2, -0.15) is 0 Å². The molecule has 6 nitrogen and oxygen atoms in total. The highest BCUT2D eigenvalue weighted by Crippen LogP contribution is 2.48. The normalized spacial score (nSPS) is 11.5. The van der Waals surface area contributed by atoms with Crippen molar-refractivity contribution in [1.29, 1.82) is 0 Å². The summed E-state index contributed by atoms with van der Waals surface area (Å²) in [6.45, 7) is 0. The highest BCUT2D eigenvalue weighted by atomic mass is 15.0. The van der Waals surface area contributed by atoms with Crippen LogP contribution < -0.4 is 0 Å². The number of fused-ring (bicyclic) bond motifs is 2. The Kier molecular flexibility index (Phi) is 12.7. The zero-order valence-electron chi connectivity index (χ0n) is 44.1. The molecule has 0 N–H and O–H groups in total. The Hall–Kier alpha value is -10.8. The molecule has 0 unspecified atom stereocenters. The molecule has 380 valence electrons. The van der Waals surface area contributed by atoms with E-state index in [-0.39, 0.29) is 0 Å². The van der Waals surface area contributed by atoms with Gasteiger partial charge in [0.2, 0.25) is 0 Å². The molecule has 6 heteroatoms. The highest BCUT2D eigenvalue weighted by molar-refractivity contribution is 5.87.